The van der Waals surface area contributed by atoms with Gasteiger partial charge in [0.25, 0.3) is 0 Å². The molecule has 0 radical (unpaired) electrons. The number of aromatic nitrogens is 2. The van der Waals surface area contributed by atoms with Crippen molar-refractivity contribution in [2.45, 2.75) is 52.6 Å². The number of amides is 1. The third-order valence-corrected chi connectivity index (χ3v) is 4.84. The van der Waals surface area contributed by atoms with Crippen LogP contribution in [0.15, 0.2) is 48.5 Å². The predicted octanol–water partition coefficient (Wildman–Crippen LogP) is 4.66. The molecule has 5 heteroatoms. The molecule has 1 N–H and O–H groups in total. The van der Waals surface area contributed by atoms with E-state index in [2.05, 4.69) is 46.9 Å². The maximum Gasteiger partial charge on any atom is 0.220 e. The molecule has 28 heavy (non-hydrogen) atoms. The molecule has 1 amide bonds. The van der Waals surface area contributed by atoms with E-state index in [1.165, 1.54) is 5.56 Å². The van der Waals surface area contributed by atoms with Crippen LogP contribution in [0.3, 0.4) is 0 Å². The van der Waals surface area contributed by atoms with Gasteiger partial charge in [-0.3, -0.25) is 4.79 Å². The number of nitrogens with zero attached hydrogens (tertiary/aromatic N) is 2. The third-order valence-electron chi connectivity index (χ3n) is 4.84. The molecule has 0 atom stereocenters. The van der Waals surface area contributed by atoms with Crippen molar-refractivity contribution in [1.29, 1.82) is 0 Å². The Morgan fingerprint density at radius 1 is 1.14 bits per heavy atom. The van der Waals surface area contributed by atoms with E-state index in [0.29, 0.717) is 25.5 Å². The smallest absolute Gasteiger partial charge is 0.220 e. The lowest BCUT2D eigenvalue weighted by Gasteiger charge is -2.12. The molecule has 3 aromatic rings. The summed E-state index contributed by atoms with van der Waals surface area (Å²) in [6, 6.07) is 16.4. The molecule has 5 nitrogen and oxygen atoms in total. The van der Waals surface area contributed by atoms with Gasteiger partial charge >= 0.3 is 0 Å². The Kier molecular flexibility index (Phi) is 6.69. The minimum Gasteiger partial charge on any atom is -0.494 e. The second-order valence-corrected chi connectivity index (χ2v) is 7.22. The molecule has 0 aliphatic carbocycles. The summed E-state index contributed by atoms with van der Waals surface area (Å²) in [6.45, 7) is 8.09. The van der Waals surface area contributed by atoms with Crippen LogP contribution in [0.4, 0.5) is 0 Å². The number of imidazole rings is 1. The van der Waals surface area contributed by atoms with E-state index in [0.717, 1.165) is 35.6 Å². The number of ether oxygens (including phenoxy) is 1. The number of para-hydroxylation sites is 2. The Labute approximate surface area is 166 Å². The Morgan fingerprint density at radius 2 is 1.89 bits per heavy atom. The molecule has 2 aromatic carbocycles. The van der Waals surface area contributed by atoms with E-state index in [1.54, 1.807) is 0 Å². The fourth-order valence-electron chi connectivity index (χ4n) is 3.17. The quantitative estimate of drug-likeness (QED) is 0.550. The van der Waals surface area contributed by atoms with Gasteiger partial charge in [-0.05, 0) is 42.2 Å². The van der Waals surface area contributed by atoms with Gasteiger partial charge in [0, 0.05) is 13.0 Å². The molecule has 0 aliphatic heterocycles. The third kappa shape index (κ3) is 4.91. The van der Waals surface area contributed by atoms with Crippen LogP contribution in [-0.4, -0.2) is 22.1 Å². The minimum absolute atomic E-state index is 0.0341. The highest BCUT2D eigenvalue weighted by molar-refractivity contribution is 5.77. The van der Waals surface area contributed by atoms with E-state index in [9.17, 15) is 4.79 Å². The van der Waals surface area contributed by atoms with Crippen molar-refractivity contribution in [3.05, 3.63) is 59.9 Å². The van der Waals surface area contributed by atoms with Crippen molar-refractivity contribution in [3.63, 3.8) is 0 Å². The average molecular weight is 380 g/mol. The lowest BCUT2D eigenvalue weighted by atomic mass is 10.0. The summed E-state index contributed by atoms with van der Waals surface area (Å²) in [6.07, 6.45) is 1.34. The zero-order valence-electron chi connectivity index (χ0n) is 16.9. The second kappa shape index (κ2) is 9.40. The number of hydrogen-bond acceptors (Lipinski definition) is 3. The molecule has 0 aliphatic rings. The Balaban J connectivity index is 1.61. The lowest BCUT2D eigenvalue weighted by Crippen LogP contribution is -2.23. The number of hydrogen-bond donors (Lipinski definition) is 1. The van der Waals surface area contributed by atoms with Crippen LogP contribution in [-0.2, 0) is 17.9 Å². The van der Waals surface area contributed by atoms with Crippen LogP contribution in [0.2, 0.25) is 0 Å². The average Bonchev–Trinajstić information content (AvgIpc) is 3.07. The molecule has 0 unspecified atom stereocenters. The van der Waals surface area contributed by atoms with Gasteiger partial charge in [0.2, 0.25) is 5.91 Å². The van der Waals surface area contributed by atoms with Gasteiger partial charge in [0.05, 0.1) is 24.2 Å². The number of fused-ring (bicyclic) bond motifs is 1. The molecule has 0 fully saturated rings. The molecule has 148 valence electrons. The lowest BCUT2D eigenvalue weighted by molar-refractivity contribution is -0.120. The second-order valence-electron chi connectivity index (χ2n) is 7.22. The number of benzene rings is 2. The Hall–Kier alpha value is -2.82. The standard InChI is InChI=1S/C23H29N3O2/c1-4-23(27)24-16-22-25-20-8-5-6-9-21(20)26(22)14-7-15-28-19-12-10-18(11-13-19)17(2)3/h5-6,8-13,17H,4,7,14-16H2,1-3H3,(H,24,27). The van der Waals surface area contributed by atoms with Gasteiger partial charge < -0.3 is 14.6 Å². The van der Waals surface area contributed by atoms with Gasteiger partial charge in [-0.25, -0.2) is 4.98 Å². The first-order valence-corrected chi connectivity index (χ1v) is 10.0. The van der Waals surface area contributed by atoms with E-state index >= 15 is 0 Å². The number of aryl methyl sites for hydroxylation is 1. The van der Waals surface area contributed by atoms with Gasteiger partial charge in [-0.2, -0.15) is 0 Å². The molecule has 1 aromatic heterocycles. The van der Waals surface area contributed by atoms with Crippen molar-refractivity contribution in [2.75, 3.05) is 6.61 Å². The monoisotopic (exact) mass is 379 g/mol. The number of nitrogens with one attached hydrogen (secondary N) is 1. The highest BCUT2D eigenvalue weighted by atomic mass is 16.5. The van der Waals surface area contributed by atoms with Crippen LogP contribution in [0.1, 0.15) is 50.9 Å². The van der Waals surface area contributed by atoms with Crippen LogP contribution in [0, 0.1) is 0 Å². The SMILES string of the molecule is CCC(=O)NCc1nc2ccccc2n1CCCOc1ccc(C(C)C)cc1. The normalized spacial score (nSPS) is 11.1. The fraction of sp³-hybridized carbons (Fsp3) is 0.391. The molecular formula is C23H29N3O2. The topological polar surface area (TPSA) is 56.2 Å². The van der Waals surface area contributed by atoms with Crippen LogP contribution in [0.25, 0.3) is 11.0 Å². The van der Waals surface area contributed by atoms with Crippen molar-refractivity contribution < 1.29 is 9.53 Å². The van der Waals surface area contributed by atoms with E-state index < -0.39 is 0 Å². The van der Waals surface area contributed by atoms with E-state index in [-0.39, 0.29) is 5.91 Å². The van der Waals surface area contributed by atoms with Crippen LogP contribution in [0.5, 0.6) is 5.75 Å². The van der Waals surface area contributed by atoms with Gasteiger partial charge in [0.15, 0.2) is 0 Å². The molecule has 0 spiro atoms. The summed E-state index contributed by atoms with van der Waals surface area (Å²) in [5.41, 5.74) is 3.36. The molecule has 3 rings (SSSR count). The molecule has 0 saturated heterocycles. The van der Waals surface area contributed by atoms with E-state index in [4.69, 9.17) is 4.74 Å². The minimum atomic E-state index is 0.0341. The van der Waals surface area contributed by atoms with Gasteiger partial charge in [-0.15, -0.1) is 0 Å². The molecule has 1 heterocycles. The van der Waals surface area contributed by atoms with Gasteiger partial charge in [0.1, 0.15) is 11.6 Å². The van der Waals surface area contributed by atoms with Crippen molar-refractivity contribution in [3.8, 4) is 5.75 Å². The first kappa shape index (κ1) is 19.9. The zero-order chi connectivity index (χ0) is 19.9. The summed E-state index contributed by atoms with van der Waals surface area (Å²) in [5.74, 6) is 2.33. The van der Waals surface area contributed by atoms with Crippen LogP contribution < -0.4 is 10.1 Å². The predicted molar refractivity (Wildman–Crippen MR) is 113 cm³/mol. The Morgan fingerprint density at radius 3 is 2.61 bits per heavy atom. The summed E-state index contributed by atoms with van der Waals surface area (Å²) < 4.78 is 8.08. The molecule has 0 bridgehead atoms. The summed E-state index contributed by atoms with van der Waals surface area (Å²) in [4.78, 5) is 16.3. The van der Waals surface area contributed by atoms with Crippen molar-refractivity contribution >= 4 is 16.9 Å². The largest absolute Gasteiger partial charge is 0.494 e. The van der Waals surface area contributed by atoms with Crippen molar-refractivity contribution in [1.82, 2.24) is 14.9 Å². The van der Waals surface area contributed by atoms with Crippen molar-refractivity contribution in [2.24, 2.45) is 0 Å². The summed E-state index contributed by atoms with van der Waals surface area (Å²) in [5, 5.41) is 2.93. The number of carbonyl (C=O) groups is 1. The maximum absolute atomic E-state index is 11.6. The summed E-state index contributed by atoms with van der Waals surface area (Å²) >= 11 is 0. The van der Waals surface area contributed by atoms with Crippen LogP contribution >= 0.6 is 0 Å². The Bertz CT molecular complexity index is 913. The van der Waals surface area contributed by atoms with E-state index in [1.807, 2.05) is 37.3 Å². The molecular weight excluding hydrogens is 350 g/mol. The highest BCUT2D eigenvalue weighted by Gasteiger charge is 2.11. The first-order valence-electron chi connectivity index (χ1n) is 10.0. The highest BCUT2D eigenvalue weighted by Crippen LogP contribution is 2.19. The maximum atomic E-state index is 11.6. The first-order chi connectivity index (χ1) is 13.6. The zero-order valence-corrected chi connectivity index (χ0v) is 16.9. The number of carbonyl (C=O) groups excluding carboxylic acids is 1. The number of rotatable bonds is 9. The summed E-state index contributed by atoms with van der Waals surface area (Å²) in [7, 11) is 0. The molecule has 0 saturated carbocycles. The fourth-order valence-corrected chi connectivity index (χ4v) is 3.17. The van der Waals surface area contributed by atoms with Gasteiger partial charge in [-0.1, -0.05) is 45.0 Å².